The minimum absolute atomic E-state index is 0.260. The number of nitrogens with two attached hydrogens (primary N) is 1. The van der Waals surface area contributed by atoms with Crippen molar-refractivity contribution in [3.63, 3.8) is 0 Å². The molecule has 1 aromatic heterocycles. The average molecular weight is 190 g/mol. The lowest BCUT2D eigenvalue weighted by Crippen LogP contribution is -2.11. The quantitative estimate of drug-likeness (QED) is 0.747. The van der Waals surface area contributed by atoms with Gasteiger partial charge >= 0.3 is 0 Å². The van der Waals surface area contributed by atoms with Gasteiger partial charge in [0.05, 0.1) is 6.10 Å². The highest BCUT2D eigenvalue weighted by molar-refractivity contribution is 5.80. The van der Waals surface area contributed by atoms with E-state index in [4.69, 9.17) is 5.73 Å². The van der Waals surface area contributed by atoms with Crippen LogP contribution in [0.5, 0.6) is 0 Å². The van der Waals surface area contributed by atoms with E-state index in [0.29, 0.717) is 0 Å². The number of nitrogens with zero attached hydrogens (tertiary/aromatic N) is 1. The second-order valence-electron chi connectivity index (χ2n) is 3.50. The van der Waals surface area contributed by atoms with Crippen LogP contribution < -0.4 is 5.73 Å². The van der Waals surface area contributed by atoms with Gasteiger partial charge in [0.25, 0.3) is 0 Å². The molecule has 74 valence electrons. The first-order valence-electron chi connectivity index (χ1n) is 4.65. The van der Waals surface area contributed by atoms with Crippen molar-refractivity contribution in [3.05, 3.63) is 36.0 Å². The molecule has 0 saturated heterocycles. The van der Waals surface area contributed by atoms with Crippen LogP contribution in [0, 0.1) is 0 Å². The summed E-state index contributed by atoms with van der Waals surface area (Å²) in [6.45, 7) is 0.260. The highest BCUT2D eigenvalue weighted by Crippen LogP contribution is 2.20. The number of aromatic nitrogens is 1. The number of benzene rings is 1. The van der Waals surface area contributed by atoms with Gasteiger partial charge in [-0.05, 0) is 23.1 Å². The second-order valence-corrected chi connectivity index (χ2v) is 3.50. The van der Waals surface area contributed by atoms with E-state index in [1.54, 1.807) is 0 Å². The molecule has 0 aliphatic rings. The van der Waals surface area contributed by atoms with Crippen LogP contribution in [-0.2, 0) is 7.05 Å². The summed E-state index contributed by atoms with van der Waals surface area (Å²) in [7, 11) is 1.99. The molecular weight excluding hydrogens is 176 g/mol. The van der Waals surface area contributed by atoms with E-state index >= 15 is 0 Å². The van der Waals surface area contributed by atoms with Gasteiger partial charge in [-0.1, -0.05) is 12.1 Å². The summed E-state index contributed by atoms with van der Waals surface area (Å²) in [6.07, 6.45) is 1.44. The molecule has 0 bridgehead atoms. The van der Waals surface area contributed by atoms with Crippen LogP contribution in [0.3, 0.4) is 0 Å². The standard InChI is InChI=1S/C11H14N2O/c1-13-5-4-8-2-3-9(6-10(8)13)11(14)7-12/h2-6,11,14H,7,12H2,1H3. The number of aryl methyl sites for hydroxylation is 1. The maximum Gasteiger partial charge on any atom is 0.0912 e. The molecule has 1 atom stereocenters. The molecule has 1 heterocycles. The van der Waals surface area contributed by atoms with E-state index in [1.165, 1.54) is 5.39 Å². The number of fused-ring (bicyclic) bond motifs is 1. The monoisotopic (exact) mass is 190 g/mol. The van der Waals surface area contributed by atoms with Gasteiger partial charge in [-0.25, -0.2) is 0 Å². The van der Waals surface area contributed by atoms with E-state index in [-0.39, 0.29) is 6.54 Å². The van der Waals surface area contributed by atoms with Crippen molar-refractivity contribution < 1.29 is 5.11 Å². The molecule has 2 aromatic rings. The first-order chi connectivity index (χ1) is 6.72. The Morgan fingerprint density at radius 2 is 2.21 bits per heavy atom. The third-order valence-corrected chi connectivity index (χ3v) is 2.52. The van der Waals surface area contributed by atoms with Gasteiger partial charge < -0.3 is 15.4 Å². The predicted octanol–water partition coefficient (Wildman–Crippen LogP) is 1.17. The topological polar surface area (TPSA) is 51.2 Å². The molecule has 3 N–H and O–H groups in total. The summed E-state index contributed by atoms with van der Waals surface area (Å²) < 4.78 is 2.03. The van der Waals surface area contributed by atoms with Gasteiger partial charge in [0.15, 0.2) is 0 Å². The van der Waals surface area contributed by atoms with Gasteiger partial charge in [0.2, 0.25) is 0 Å². The zero-order chi connectivity index (χ0) is 10.1. The SMILES string of the molecule is Cn1ccc2ccc(C(O)CN)cc21. The zero-order valence-electron chi connectivity index (χ0n) is 8.14. The third kappa shape index (κ3) is 1.41. The van der Waals surface area contributed by atoms with E-state index < -0.39 is 6.10 Å². The van der Waals surface area contributed by atoms with Crippen molar-refractivity contribution in [2.75, 3.05) is 6.54 Å². The van der Waals surface area contributed by atoms with Crippen molar-refractivity contribution in [1.82, 2.24) is 4.57 Å². The summed E-state index contributed by atoms with van der Waals surface area (Å²) in [5, 5.41) is 10.8. The molecule has 0 aliphatic heterocycles. The number of hydrogen-bond acceptors (Lipinski definition) is 2. The fourth-order valence-electron chi connectivity index (χ4n) is 1.62. The molecule has 2 rings (SSSR count). The molecule has 0 spiro atoms. The Bertz CT molecular complexity index is 447. The van der Waals surface area contributed by atoms with Crippen molar-refractivity contribution in [1.29, 1.82) is 0 Å². The van der Waals surface area contributed by atoms with Gasteiger partial charge in [-0.3, -0.25) is 0 Å². The van der Waals surface area contributed by atoms with Crippen LogP contribution in [0.1, 0.15) is 11.7 Å². The molecule has 0 aliphatic carbocycles. The van der Waals surface area contributed by atoms with Crippen molar-refractivity contribution in [2.24, 2.45) is 12.8 Å². The Balaban J connectivity index is 2.54. The highest BCUT2D eigenvalue weighted by atomic mass is 16.3. The predicted molar refractivity (Wildman–Crippen MR) is 56.9 cm³/mol. The lowest BCUT2D eigenvalue weighted by atomic mass is 10.1. The second kappa shape index (κ2) is 3.44. The summed E-state index contributed by atoms with van der Waals surface area (Å²) in [4.78, 5) is 0. The lowest BCUT2D eigenvalue weighted by Gasteiger charge is -2.08. The van der Waals surface area contributed by atoms with E-state index in [2.05, 4.69) is 0 Å². The smallest absolute Gasteiger partial charge is 0.0912 e. The Morgan fingerprint density at radius 3 is 2.93 bits per heavy atom. The Hall–Kier alpha value is -1.32. The van der Waals surface area contributed by atoms with Crippen LogP contribution in [0.2, 0.25) is 0 Å². The third-order valence-electron chi connectivity index (χ3n) is 2.52. The van der Waals surface area contributed by atoms with Crippen molar-refractivity contribution >= 4 is 10.9 Å². The van der Waals surface area contributed by atoms with Crippen LogP contribution in [-0.4, -0.2) is 16.2 Å². The molecule has 0 fully saturated rings. The molecule has 1 aromatic carbocycles. The number of aliphatic hydroxyl groups excluding tert-OH is 1. The number of hydrogen-bond donors (Lipinski definition) is 2. The maximum absolute atomic E-state index is 9.58. The Labute approximate surface area is 82.8 Å². The molecule has 0 saturated carbocycles. The largest absolute Gasteiger partial charge is 0.387 e. The minimum Gasteiger partial charge on any atom is -0.387 e. The molecule has 0 amide bonds. The summed E-state index contributed by atoms with van der Waals surface area (Å²) >= 11 is 0. The van der Waals surface area contributed by atoms with Crippen molar-refractivity contribution in [3.8, 4) is 0 Å². The summed E-state index contributed by atoms with van der Waals surface area (Å²) in [6, 6.07) is 7.95. The summed E-state index contributed by atoms with van der Waals surface area (Å²) in [5.41, 5.74) is 7.40. The van der Waals surface area contributed by atoms with Crippen LogP contribution >= 0.6 is 0 Å². The van der Waals surface area contributed by atoms with Gasteiger partial charge in [0.1, 0.15) is 0 Å². The van der Waals surface area contributed by atoms with Gasteiger partial charge in [0, 0.05) is 25.3 Å². The first-order valence-corrected chi connectivity index (χ1v) is 4.65. The van der Waals surface area contributed by atoms with E-state index in [9.17, 15) is 5.11 Å². The van der Waals surface area contributed by atoms with Crippen molar-refractivity contribution in [2.45, 2.75) is 6.10 Å². The molecule has 3 nitrogen and oxygen atoms in total. The number of rotatable bonds is 2. The Kier molecular flexibility index (Phi) is 2.27. The minimum atomic E-state index is -0.561. The normalized spacial score (nSPS) is 13.4. The fraction of sp³-hybridized carbons (Fsp3) is 0.273. The van der Waals surface area contributed by atoms with Crippen LogP contribution in [0.25, 0.3) is 10.9 Å². The summed E-state index contributed by atoms with van der Waals surface area (Å²) in [5.74, 6) is 0. The highest BCUT2D eigenvalue weighted by Gasteiger charge is 2.06. The molecule has 3 heteroatoms. The van der Waals surface area contributed by atoms with Crippen LogP contribution in [0.4, 0.5) is 0 Å². The first kappa shape index (κ1) is 9.24. The van der Waals surface area contributed by atoms with Gasteiger partial charge in [-0.2, -0.15) is 0 Å². The molecule has 0 radical (unpaired) electrons. The molecule has 1 unspecified atom stereocenters. The lowest BCUT2D eigenvalue weighted by molar-refractivity contribution is 0.187. The molecule has 14 heavy (non-hydrogen) atoms. The van der Waals surface area contributed by atoms with E-state index in [1.807, 2.05) is 42.1 Å². The fourth-order valence-corrected chi connectivity index (χ4v) is 1.62. The van der Waals surface area contributed by atoms with E-state index in [0.717, 1.165) is 11.1 Å². The van der Waals surface area contributed by atoms with Crippen LogP contribution in [0.15, 0.2) is 30.5 Å². The molecular formula is C11H14N2O. The average Bonchev–Trinajstić information content (AvgIpc) is 2.59. The number of aliphatic hydroxyl groups is 1. The zero-order valence-corrected chi connectivity index (χ0v) is 8.14. The maximum atomic E-state index is 9.58. The van der Waals surface area contributed by atoms with Gasteiger partial charge in [-0.15, -0.1) is 0 Å². The Morgan fingerprint density at radius 1 is 1.43 bits per heavy atom.